The predicted molar refractivity (Wildman–Crippen MR) is 72.2 cm³/mol. The third kappa shape index (κ3) is 2.90. The predicted octanol–water partition coefficient (Wildman–Crippen LogP) is 1.42. The van der Waals surface area contributed by atoms with Gasteiger partial charge in [-0.25, -0.2) is 0 Å². The lowest BCUT2D eigenvalue weighted by Gasteiger charge is -2.05. The summed E-state index contributed by atoms with van der Waals surface area (Å²) >= 11 is 0. The van der Waals surface area contributed by atoms with Crippen molar-refractivity contribution >= 4 is 11.6 Å². The number of rotatable bonds is 3. The SMILES string of the molecule is CC(C)n1cc(NC(=O)c2ccc(=O)n(C)c2)cn1. The lowest BCUT2D eigenvalue weighted by molar-refractivity contribution is 0.102. The van der Waals surface area contributed by atoms with Gasteiger partial charge in [-0.1, -0.05) is 0 Å². The summed E-state index contributed by atoms with van der Waals surface area (Å²) < 4.78 is 3.13. The maximum atomic E-state index is 12.0. The molecule has 2 rings (SSSR count). The first-order valence-corrected chi connectivity index (χ1v) is 5.99. The molecule has 0 aliphatic heterocycles. The minimum atomic E-state index is -0.265. The van der Waals surface area contributed by atoms with Gasteiger partial charge in [-0.2, -0.15) is 5.10 Å². The molecule has 2 aromatic rings. The molecule has 0 radical (unpaired) electrons. The number of hydrogen-bond donors (Lipinski definition) is 1. The molecule has 2 aromatic heterocycles. The lowest BCUT2D eigenvalue weighted by atomic mass is 10.2. The molecule has 0 aliphatic rings. The van der Waals surface area contributed by atoms with Gasteiger partial charge in [0.2, 0.25) is 5.56 Å². The van der Waals surface area contributed by atoms with E-state index in [4.69, 9.17) is 0 Å². The molecular weight excluding hydrogens is 244 g/mol. The molecule has 0 aliphatic carbocycles. The minimum Gasteiger partial charge on any atom is -0.319 e. The molecule has 1 N–H and O–H groups in total. The average molecular weight is 260 g/mol. The number of amides is 1. The Kier molecular flexibility index (Phi) is 3.50. The van der Waals surface area contributed by atoms with E-state index >= 15 is 0 Å². The van der Waals surface area contributed by atoms with Crippen molar-refractivity contribution in [2.75, 3.05) is 5.32 Å². The highest BCUT2D eigenvalue weighted by Gasteiger charge is 2.09. The summed E-state index contributed by atoms with van der Waals surface area (Å²) in [5.41, 5.74) is 0.913. The van der Waals surface area contributed by atoms with Crippen LogP contribution in [0.1, 0.15) is 30.2 Å². The van der Waals surface area contributed by atoms with Crippen LogP contribution in [-0.2, 0) is 7.05 Å². The molecule has 0 unspecified atom stereocenters. The zero-order valence-electron chi connectivity index (χ0n) is 11.1. The topological polar surface area (TPSA) is 68.9 Å². The van der Waals surface area contributed by atoms with Gasteiger partial charge in [-0.15, -0.1) is 0 Å². The summed E-state index contributed by atoms with van der Waals surface area (Å²) in [6, 6.07) is 3.11. The van der Waals surface area contributed by atoms with Crippen LogP contribution in [0.25, 0.3) is 0 Å². The first-order valence-electron chi connectivity index (χ1n) is 5.99. The van der Waals surface area contributed by atoms with E-state index in [0.29, 0.717) is 11.3 Å². The van der Waals surface area contributed by atoms with E-state index in [1.54, 1.807) is 24.1 Å². The number of aryl methyl sites for hydroxylation is 1. The third-order valence-electron chi connectivity index (χ3n) is 2.74. The van der Waals surface area contributed by atoms with Crippen LogP contribution in [0.2, 0.25) is 0 Å². The smallest absolute Gasteiger partial charge is 0.257 e. The van der Waals surface area contributed by atoms with Gasteiger partial charge in [-0.05, 0) is 19.9 Å². The van der Waals surface area contributed by atoms with E-state index in [9.17, 15) is 9.59 Å². The Morgan fingerprint density at radius 3 is 2.63 bits per heavy atom. The molecule has 1 amide bonds. The van der Waals surface area contributed by atoms with Gasteiger partial charge in [0.25, 0.3) is 5.91 Å². The van der Waals surface area contributed by atoms with Crippen molar-refractivity contribution in [2.45, 2.75) is 19.9 Å². The molecule has 6 heteroatoms. The minimum absolute atomic E-state index is 0.149. The number of aromatic nitrogens is 3. The Hall–Kier alpha value is -2.37. The second kappa shape index (κ2) is 5.09. The highest BCUT2D eigenvalue weighted by atomic mass is 16.2. The van der Waals surface area contributed by atoms with E-state index in [-0.39, 0.29) is 17.5 Å². The number of anilines is 1. The maximum absolute atomic E-state index is 12.0. The Labute approximate surface area is 110 Å². The highest BCUT2D eigenvalue weighted by molar-refractivity contribution is 6.03. The molecule has 19 heavy (non-hydrogen) atoms. The van der Waals surface area contributed by atoms with Gasteiger partial charge < -0.3 is 9.88 Å². The normalized spacial score (nSPS) is 10.7. The second-order valence-electron chi connectivity index (χ2n) is 4.62. The number of nitrogens with zero attached hydrogens (tertiary/aromatic N) is 3. The number of pyridine rings is 1. The Balaban J connectivity index is 2.15. The monoisotopic (exact) mass is 260 g/mol. The molecule has 100 valence electrons. The van der Waals surface area contributed by atoms with Gasteiger partial charge in [-0.3, -0.25) is 14.3 Å². The van der Waals surface area contributed by atoms with Crippen LogP contribution in [0.4, 0.5) is 5.69 Å². The summed E-state index contributed by atoms with van der Waals surface area (Å²) in [6.07, 6.45) is 4.87. The van der Waals surface area contributed by atoms with Crippen LogP contribution in [0, 0.1) is 0 Å². The van der Waals surface area contributed by atoms with E-state index in [0.717, 1.165) is 0 Å². The van der Waals surface area contributed by atoms with Crippen molar-refractivity contribution < 1.29 is 4.79 Å². The summed E-state index contributed by atoms with van der Waals surface area (Å²) in [5.74, 6) is -0.265. The molecule has 0 saturated carbocycles. The number of carbonyl (C=O) groups is 1. The van der Waals surface area contributed by atoms with Gasteiger partial charge in [0.15, 0.2) is 0 Å². The lowest BCUT2D eigenvalue weighted by Crippen LogP contribution is -2.19. The Bertz CT molecular complexity index is 655. The first kappa shape index (κ1) is 13.1. The van der Waals surface area contributed by atoms with Crippen molar-refractivity contribution in [1.29, 1.82) is 0 Å². The molecule has 6 nitrogen and oxygen atoms in total. The van der Waals surface area contributed by atoms with Crippen molar-refractivity contribution in [3.8, 4) is 0 Å². The number of hydrogen-bond acceptors (Lipinski definition) is 3. The van der Waals surface area contributed by atoms with E-state index in [2.05, 4.69) is 10.4 Å². The zero-order valence-corrected chi connectivity index (χ0v) is 11.1. The van der Waals surface area contributed by atoms with Crippen molar-refractivity contribution in [3.05, 3.63) is 46.6 Å². The van der Waals surface area contributed by atoms with Crippen molar-refractivity contribution in [2.24, 2.45) is 7.05 Å². The quantitative estimate of drug-likeness (QED) is 0.907. The fourth-order valence-corrected chi connectivity index (χ4v) is 1.62. The van der Waals surface area contributed by atoms with Gasteiger partial charge >= 0.3 is 0 Å². The van der Waals surface area contributed by atoms with Crippen LogP contribution < -0.4 is 10.9 Å². The highest BCUT2D eigenvalue weighted by Crippen LogP contribution is 2.11. The summed E-state index contributed by atoms with van der Waals surface area (Å²) in [6.45, 7) is 4.01. The molecule has 0 saturated heterocycles. The van der Waals surface area contributed by atoms with Crippen LogP contribution in [0.15, 0.2) is 35.5 Å². The van der Waals surface area contributed by atoms with Crippen LogP contribution in [-0.4, -0.2) is 20.3 Å². The van der Waals surface area contributed by atoms with Gasteiger partial charge in [0, 0.05) is 31.5 Å². The van der Waals surface area contributed by atoms with Gasteiger partial charge in [0.1, 0.15) is 0 Å². The number of nitrogens with one attached hydrogen (secondary N) is 1. The first-order chi connectivity index (χ1) is 8.97. The largest absolute Gasteiger partial charge is 0.319 e. The van der Waals surface area contributed by atoms with Crippen molar-refractivity contribution in [3.63, 3.8) is 0 Å². The fourth-order valence-electron chi connectivity index (χ4n) is 1.62. The van der Waals surface area contributed by atoms with E-state index < -0.39 is 0 Å². The molecule has 2 heterocycles. The van der Waals surface area contributed by atoms with Crippen molar-refractivity contribution in [1.82, 2.24) is 14.3 Å². The second-order valence-corrected chi connectivity index (χ2v) is 4.62. The molecule has 0 spiro atoms. The number of carbonyl (C=O) groups excluding carboxylic acids is 1. The van der Waals surface area contributed by atoms with E-state index in [1.807, 2.05) is 13.8 Å². The van der Waals surface area contributed by atoms with E-state index in [1.165, 1.54) is 22.9 Å². The molecule has 0 fully saturated rings. The molecular formula is C13H16N4O2. The van der Waals surface area contributed by atoms with Gasteiger partial charge in [0.05, 0.1) is 17.4 Å². The van der Waals surface area contributed by atoms with Crippen LogP contribution >= 0.6 is 0 Å². The van der Waals surface area contributed by atoms with Crippen LogP contribution in [0.3, 0.4) is 0 Å². The molecule has 0 aromatic carbocycles. The summed E-state index contributed by atoms with van der Waals surface area (Å²) in [4.78, 5) is 23.2. The summed E-state index contributed by atoms with van der Waals surface area (Å²) in [5, 5.41) is 6.88. The average Bonchev–Trinajstić information content (AvgIpc) is 2.81. The zero-order chi connectivity index (χ0) is 14.0. The third-order valence-corrected chi connectivity index (χ3v) is 2.74. The molecule has 0 bridgehead atoms. The summed E-state index contributed by atoms with van der Waals surface area (Å²) in [7, 11) is 1.61. The van der Waals surface area contributed by atoms with Crippen LogP contribution in [0.5, 0.6) is 0 Å². The standard InChI is InChI=1S/C13H16N4O2/c1-9(2)17-8-11(6-14-17)15-13(19)10-4-5-12(18)16(3)7-10/h4-9H,1-3H3,(H,15,19). The fraction of sp³-hybridized carbons (Fsp3) is 0.308. The molecule has 0 atom stereocenters. The maximum Gasteiger partial charge on any atom is 0.257 e. The Morgan fingerprint density at radius 2 is 2.05 bits per heavy atom. The Morgan fingerprint density at radius 1 is 1.32 bits per heavy atom.